The minimum Gasteiger partial charge on any atom is -0.374 e. The van der Waals surface area contributed by atoms with Crippen molar-refractivity contribution in [1.29, 1.82) is 0 Å². The Morgan fingerprint density at radius 3 is 2.31 bits per heavy atom. The Balaban J connectivity index is 0.760. The van der Waals surface area contributed by atoms with Gasteiger partial charge in [-0.3, -0.25) is 29.1 Å². The molecule has 4 N–H and O–H groups in total. The van der Waals surface area contributed by atoms with Crippen molar-refractivity contribution in [3.05, 3.63) is 95.0 Å². The topological polar surface area (TPSA) is 154 Å². The highest BCUT2D eigenvalue weighted by atomic mass is 19.1. The molecule has 304 valence electrons. The van der Waals surface area contributed by atoms with Gasteiger partial charge in [-0.1, -0.05) is 18.2 Å². The zero-order chi connectivity index (χ0) is 40.2. The summed E-state index contributed by atoms with van der Waals surface area (Å²) in [6.07, 6.45) is 10.1. The van der Waals surface area contributed by atoms with E-state index in [1.165, 1.54) is 16.7 Å². The van der Waals surface area contributed by atoms with Crippen LogP contribution in [0.1, 0.15) is 64.2 Å². The molecule has 2 aromatic carbocycles. The van der Waals surface area contributed by atoms with Crippen LogP contribution in [-0.2, 0) is 14.4 Å². The quantitative estimate of drug-likeness (QED) is 0.161. The summed E-state index contributed by atoms with van der Waals surface area (Å²) in [6, 6.07) is 17.0. The Labute approximate surface area is 335 Å². The summed E-state index contributed by atoms with van der Waals surface area (Å²) in [5.74, 6) is -1.19. The summed E-state index contributed by atoms with van der Waals surface area (Å²) < 4.78 is 31.7. The summed E-state index contributed by atoms with van der Waals surface area (Å²) in [4.78, 5) is 62.5. The molecule has 58 heavy (non-hydrogen) atoms. The fraction of sp³-hybridized carbons (Fsp3) is 0.442. The Morgan fingerprint density at radius 1 is 0.776 bits per heavy atom. The Kier molecular flexibility index (Phi) is 11.8. The SMILES string of the molecule is O=C1CCC(Nc2ccc(N3CCC(N4CCC(NC(=O)C5CCC(Nc6ncc(F)c(-c7cccc(-n8ccccc8=O)c7)n6)CC5)CC4)CC3)c(F)c2)C(=O)N1. The number of likely N-dealkylation sites (tertiary alicyclic amines) is 1. The molecular formula is C43H49F2N9O4. The van der Waals surface area contributed by atoms with Crippen molar-refractivity contribution < 1.29 is 23.2 Å². The van der Waals surface area contributed by atoms with Crippen LogP contribution in [-0.4, -0.2) is 87.5 Å². The normalized spacial score (nSPS) is 22.3. The van der Waals surface area contributed by atoms with Crippen LogP contribution >= 0.6 is 0 Å². The van der Waals surface area contributed by atoms with Gasteiger partial charge < -0.3 is 25.8 Å². The molecule has 1 aliphatic carbocycles. The number of aromatic nitrogens is 3. The first-order valence-corrected chi connectivity index (χ1v) is 20.4. The molecule has 1 saturated carbocycles. The number of nitrogens with zero attached hydrogens (tertiary/aromatic N) is 5. The standard InChI is InChI=1S/C43H49F2N9O4/c44-34-25-31(47-36-12-14-38(55)50-42(36)58)11-13-37(34)53-22-17-32(18-23-53)52-20-15-30(16-21-52)48-41(57)27-7-9-29(10-8-27)49-43-46-26-35(45)40(51-43)28-4-3-5-33(24-28)54-19-2-1-6-39(54)56/h1-6,11,13,19,24-27,29-30,32,36,47H,7-10,12,14-18,20-23H2,(H,48,57)(H,46,49,51)(H,50,55,58). The van der Waals surface area contributed by atoms with Gasteiger partial charge in [0.15, 0.2) is 5.82 Å². The van der Waals surface area contributed by atoms with E-state index in [4.69, 9.17) is 0 Å². The first-order valence-electron chi connectivity index (χ1n) is 20.4. The van der Waals surface area contributed by atoms with Gasteiger partial charge >= 0.3 is 0 Å². The average molecular weight is 794 g/mol. The maximum atomic E-state index is 15.2. The second-order valence-corrected chi connectivity index (χ2v) is 15.9. The fourth-order valence-corrected chi connectivity index (χ4v) is 8.85. The Hall–Kier alpha value is -5.70. The average Bonchev–Trinajstić information content (AvgIpc) is 3.23. The molecule has 0 radical (unpaired) electrons. The van der Waals surface area contributed by atoms with E-state index in [0.29, 0.717) is 41.0 Å². The molecule has 0 bridgehead atoms. The molecule has 15 heteroatoms. The van der Waals surface area contributed by atoms with Gasteiger partial charge in [0.25, 0.3) is 5.56 Å². The van der Waals surface area contributed by atoms with Crippen molar-refractivity contribution >= 4 is 35.0 Å². The van der Waals surface area contributed by atoms with Crippen molar-refractivity contribution in [1.82, 2.24) is 30.1 Å². The molecule has 8 rings (SSSR count). The lowest BCUT2D eigenvalue weighted by atomic mass is 9.85. The van der Waals surface area contributed by atoms with Gasteiger partial charge in [0.2, 0.25) is 23.7 Å². The number of imide groups is 1. The number of carbonyl (C=O) groups is 3. The predicted octanol–water partition coefficient (Wildman–Crippen LogP) is 5.01. The molecule has 5 heterocycles. The molecule has 3 saturated heterocycles. The Morgan fingerprint density at radius 2 is 1.57 bits per heavy atom. The van der Waals surface area contributed by atoms with Gasteiger partial charge in [-0.05, 0) is 94.2 Å². The van der Waals surface area contributed by atoms with E-state index >= 15 is 4.39 Å². The van der Waals surface area contributed by atoms with Crippen molar-refractivity contribution in [2.45, 2.75) is 88.4 Å². The van der Waals surface area contributed by atoms with E-state index in [9.17, 15) is 23.6 Å². The smallest absolute Gasteiger partial charge is 0.255 e. The lowest BCUT2D eigenvalue weighted by Crippen LogP contribution is -2.52. The van der Waals surface area contributed by atoms with Crippen molar-refractivity contribution in [2.24, 2.45) is 5.92 Å². The molecule has 0 spiro atoms. The van der Waals surface area contributed by atoms with Crippen LogP contribution in [0.15, 0.2) is 77.9 Å². The number of hydrogen-bond acceptors (Lipinski definition) is 10. The number of hydrogen-bond donors (Lipinski definition) is 4. The second kappa shape index (κ2) is 17.4. The highest BCUT2D eigenvalue weighted by Gasteiger charge is 2.33. The third-order valence-electron chi connectivity index (χ3n) is 12.1. The van der Waals surface area contributed by atoms with E-state index in [1.807, 2.05) is 0 Å². The highest BCUT2D eigenvalue weighted by molar-refractivity contribution is 6.01. The van der Waals surface area contributed by atoms with Crippen molar-refractivity contribution in [3.63, 3.8) is 0 Å². The number of carbonyl (C=O) groups excluding carboxylic acids is 3. The van der Waals surface area contributed by atoms with E-state index in [-0.39, 0.29) is 59.2 Å². The van der Waals surface area contributed by atoms with E-state index in [2.05, 4.69) is 41.0 Å². The number of halogens is 2. The van der Waals surface area contributed by atoms with Crippen LogP contribution < -0.4 is 31.7 Å². The van der Waals surface area contributed by atoms with Gasteiger partial charge in [0.1, 0.15) is 17.6 Å². The van der Waals surface area contributed by atoms with E-state index in [1.54, 1.807) is 54.7 Å². The third-order valence-corrected chi connectivity index (χ3v) is 12.1. The lowest BCUT2D eigenvalue weighted by molar-refractivity contribution is -0.133. The second-order valence-electron chi connectivity index (χ2n) is 15.9. The summed E-state index contributed by atoms with van der Waals surface area (Å²) in [6.45, 7) is 3.32. The van der Waals surface area contributed by atoms with Gasteiger partial charge in [0, 0.05) is 85.8 Å². The molecule has 1 unspecified atom stereocenters. The summed E-state index contributed by atoms with van der Waals surface area (Å²) >= 11 is 0. The van der Waals surface area contributed by atoms with Crippen LogP contribution in [0.2, 0.25) is 0 Å². The number of rotatable bonds is 10. The van der Waals surface area contributed by atoms with Gasteiger partial charge in [0.05, 0.1) is 11.9 Å². The van der Waals surface area contributed by atoms with E-state index in [0.717, 1.165) is 83.7 Å². The zero-order valence-corrected chi connectivity index (χ0v) is 32.3. The molecule has 4 aliphatic rings. The van der Waals surface area contributed by atoms with Crippen LogP contribution in [0, 0.1) is 17.6 Å². The zero-order valence-electron chi connectivity index (χ0n) is 32.3. The van der Waals surface area contributed by atoms with Gasteiger partial charge in [-0.2, -0.15) is 0 Å². The number of amides is 3. The maximum Gasteiger partial charge on any atom is 0.255 e. The Bertz CT molecular complexity index is 2190. The molecule has 1 atom stereocenters. The molecule has 13 nitrogen and oxygen atoms in total. The van der Waals surface area contributed by atoms with Gasteiger partial charge in [-0.15, -0.1) is 0 Å². The van der Waals surface area contributed by atoms with Crippen molar-refractivity contribution in [3.8, 4) is 16.9 Å². The minimum atomic E-state index is -0.561. The molecule has 2 aromatic heterocycles. The predicted molar refractivity (Wildman–Crippen MR) is 217 cm³/mol. The lowest BCUT2D eigenvalue weighted by Gasteiger charge is -2.42. The first-order chi connectivity index (χ1) is 28.2. The monoisotopic (exact) mass is 793 g/mol. The number of anilines is 3. The highest BCUT2D eigenvalue weighted by Crippen LogP contribution is 2.31. The molecule has 4 aromatic rings. The summed E-state index contributed by atoms with van der Waals surface area (Å²) in [5.41, 5.74) is 2.17. The van der Waals surface area contributed by atoms with Crippen LogP contribution in [0.4, 0.5) is 26.1 Å². The number of piperidine rings is 3. The minimum absolute atomic E-state index is 0.0584. The molecule has 4 fully saturated rings. The maximum absolute atomic E-state index is 15.2. The number of pyridine rings is 1. The number of nitrogens with one attached hydrogen (secondary N) is 4. The molecular weight excluding hydrogens is 745 g/mol. The van der Waals surface area contributed by atoms with Crippen LogP contribution in [0.3, 0.4) is 0 Å². The molecule has 3 aliphatic heterocycles. The number of benzene rings is 2. The summed E-state index contributed by atoms with van der Waals surface area (Å²) in [5, 5.41) is 12.1. The fourth-order valence-electron chi connectivity index (χ4n) is 8.85. The third kappa shape index (κ3) is 9.04. The van der Waals surface area contributed by atoms with E-state index < -0.39 is 11.9 Å². The van der Waals surface area contributed by atoms with Crippen LogP contribution in [0.25, 0.3) is 16.9 Å². The van der Waals surface area contributed by atoms with Gasteiger partial charge in [-0.25, -0.2) is 18.7 Å². The molecule has 3 amide bonds. The van der Waals surface area contributed by atoms with Crippen molar-refractivity contribution in [2.75, 3.05) is 41.7 Å². The summed E-state index contributed by atoms with van der Waals surface area (Å²) in [7, 11) is 0. The van der Waals surface area contributed by atoms with Crippen LogP contribution in [0.5, 0.6) is 0 Å². The largest absolute Gasteiger partial charge is 0.374 e. The first kappa shape index (κ1) is 39.1.